The highest BCUT2D eigenvalue weighted by atomic mass is 35.5. The number of nitrogens with two attached hydrogens (primary N) is 1. The number of pyridine rings is 1. The maximum Gasteiger partial charge on any atom is 0.251 e. The number of aryl methyl sites for hydroxylation is 2. The van der Waals surface area contributed by atoms with Crippen LogP contribution in [-0.2, 0) is 6.42 Å². The summed E-state index contributed by atoms with van der Waals surface area (Å²) in [4.78, 5) is 12.2. The Labute approximate surface area is 166 Å². The van der Waals surface area contributed by atoms with Gasteiger partial charge in [0.1, 0.15) is 0 Å². The van der Waals surface area contributed by atoms with E-state index in [2.05, 4.69) is 18.7 Å². The molecule has 0 unspecified atom stereocenters. The molecule has 150 valence electrons. The van der Waals surface area contributed by atoms with Gasteiger partial charge >= 0.3 is 0 Å². The van der Waals surface area contributed by atoms with E-state index in [0.29, 0.717) is 11.1 Å². The zero-order valence-corrected chi connectivity index (χ0v) is 15.4. The van der Waals surface area contributed by atoms with Crippen molar-refractivity contribution in [2.45, 2.75) is 68.9 Å². The Kier molecular flexibility index (Phi) is 15.3. The van der Waals surface area contributed by atoms with Crippen LogP contribution in [0, 0.1) is 6.92 Å². The first kappa shape index (κ1) is 29.2. The van der Waals surface area contributed by atoms with Gasteiger partial charge in [-0.15, -0.1) is 0 Å². The average Bonchev–Trinajstić information content (AvgIpc) is 2.95. The summed E-state index contributed by atoms with van der Waals surface area (Å²) in [6.45, 7) is 8.14. The zero-order chi connectivity index (χ0) is 17.6. The van der Waals surface area contributed by atoms with E-state index in [0.717, 1.165) is 35.2 Å². The van der Waals surface area contributed by atoms with Gasteiger partial charge in [-0.2, -0.15) is 0 Å². The number of hydrogen-bond acceptors (Lipinski definition) is 2. The summed E-state index contributed by atoms with van der Waals surface area (Å²) >= 11 is 6.06. The maximum atomic E-state index is 12.2. The van der Waals surface area contributed by atoms with E-state index >= 15 is 0 Å². The number of benzene rings is 1. The Morgan fingerprint density at radius 1 is 1.08 bits per heavy atom. The van der Waals surface area contributed by atoms with Crippen LogP contribution >= 0.6 is 11.6 Å². The Hall–Kier alpha value is -1.58. The molecule has 0 bridgehead atoms. The first-order chi connectivity index (χ1) is 11.1. The molecule has 0 radical (unpaired) electrons. The van der Waals surface area contributed by atoms with Crippen LogP contribution in [0.3, 0.4) is 0 Å². The summed E-state index contributed by atoms with van der Waals surface area (Å²) in [5, 5.41) is 0.703. The smallest absolute Gasteiger partial charge is 0.251 e. The summed E-state index contributed by atoms with van der Waals surface area (Å²) in [5.74, 6) is 0. The molecular formula is C22H39ClN2O. The highest BCUT2D eigenvalue weighted by Gasteiger charge is 2.20. The van der Waals surface area contributed by atoms with Crippen LogP contribution in [0.25, 0.3) is 11.1 Å². The molecule has 1 aliphatic heterocycles. The maximum absolute atomic E-state index is 12.2. The molecule has 2 heterocycles. The van der Waals surface area contributed by atoms with Crippen molar-refractivity contribution in [3.05, 3.63) is 57.0 Å². The largest absolute Gasteiger partial charge is 0.333 e. The van der Waals surface area contributed by atoms with Gasteiger partial charge in [0.2, 0.25) is 0 Å². The summed E-state index contributed by atoms with van der Waals surface area (Å²) < 4.78 is 1.91. The molecule has 26 heavy (non-hydrogen) atoms. The quantitative estimate of drug-likeness (QED) is 0.612. The standard InChI is InChI=1S/C16H16ClNO.C2H6.CH5N.3CH4/c1-10-3-5-13(17)9-15(10)12-7-14-6-4-11(2)18(14)16(19)8-12;2*1-2;;;/h3,5,7-9,11H,4,6H2,1-2H3;1-2H3;2H2,1H3;3*1H4/t11-;;;;;/m1...../s1. The summed E-state index contributed by atoms with van der Waals surface area (Å²) in [6, 6.07) is 9.97. The van der Waals surface area contributed by atoms with Gasteiger partial charge in [0.05, 0.1) is 0 Å². The van der Waals surface area contributed by atoms with E-state index < -0.39 is 0 Å². The molecule has 1 aromatic carbocycles. The minimum Gasteiger partial charge on any atom is -0.333 e. The Morgan fingerprint density at radius 3 is 2.23 bits per heavy atom. The lowest BCUT2D eigenvalue weighted by Crippen LogP contribution is -2.20. The first-order valence-electron chi connectivity index (χ1n) is 8.16. The van der Waals surface area contributed by atoms with Gasteiger partial charge in [0.25, 0.3) is 5.56 Å². The van der Waals surface area contributed by atoms with Crippen LogP contribution in [0.15, 0.2) is 35.1 Å². The van der Waals surface area contributed by atoms with Crippen LogP contribution in [0.1, 0.15) is 66.8 Å². The number of rotatable bonds is 1. The summed E-state index contributed by atoms with van der Waals surface area (Å²) in [7, 11) is 1.50. The van der Waals surface area contributed by atoms with Crippen molar-refractivity contribution in [1.29, 1.82) is 0 Å². The van der Waals surface area contributed by atoms with Gasteiger partial charge in [-0.05, 0) is 68.6 Å². The Morgan fingerprint density at radius 2 is 1.65 bits per heavy atom. The molecule has 0 amide bonds. The molecule has 1 aromatic heterocycles. The van der Waals surface area contributed by atoms with Gasteiger partial charge in [-0.1, -0.05) is 53.8 Å². The minimum atomic E-state index is 0. The van der Waals surface area contributed by atoms with E-state index in [4.69, 9.17) is 11.6 Å². The van der Waals surface area contributed by atoms with Crippen LogP contribution in [-0.4, -0.2) is 11.6 Å². The fourth-order valence-corrected chi connectivity index (χ4v) is 3.05. The zero-order valence-electron chi connectivity index (χ0n) is 14.7. The third kappa shape index (κ3) is 6.30. The number of hydrogen-bond donors (Lipinski definition) is 1. The molecule has 0 fully saturated rings. The molecule has 0 saturated carbocycles. The van der Waals surface area contributed by atoms with E-state index in [9.17, 15) is 4.79 Å². The molecule has 0 aliphatic carbocycles. The summed E-state index contributed by atoms with van der Waals surface area (Å²) in [5.41, 5.74) is 8.89. The normalized spacial score (nSPS) is 13.3. The predicted octanol–water partition coefficient (Wildman–Crippen LogP) is 6.49. The highest BCUT2D eigenvalue weighted by Crippen LogP contribution is 2.30. The molecule has 2 N–H and O–H groups in total. The van der Waals surface area contributed by atoms with Gasteiger partial charge < -0.3 is 10.3 Å². The Bertz CT molecular complexity index is 708. The van der Waals surface area contributed by atoms with Crippen molar-refractivity contribution in [2.75, 3.05) is 7.05 Å². The third-order valence-corrected chi connectivity index (χ3v) is 4.15. The van der Waals surface area contributed by atoms with Crippen LogP contribution < -0.4 is 11.3 Å². The lowest BCUT2D eigenvalue weighted by molar-refractivity contribution is 0.564. The number of halogens is 1. The van der Waals surface area contributed by atoms with Crippen molar-refractivity contribution < 1.29 is 0 Å². The fraction of sp³-hybridized carbons (Fsp3) is 0.500. The van der Waals surface area contributed by atoms with Gasteiger partial charge in [0.15, 0.2) is 0 Å². The van der Waals surface area contributed by atoms with E-state index in [1.54, 1.807) is 6.07 Å². The van der Waals surface area contributed by atoms with E-state index in [1.807, 2.05) is 43.5 Å². The average molecular weight is 383 g/mol. The minimum absolute atomic E-state index is 0. The Balaban J connectivity index is -0.000000709. The van der Waals surface area contributed by atoms with Crippen molar-refractivity contribution in [3.8, 4) is 11.1 Å². The SMILES string of the molecule is C.C.C.CC.CN.Cc1ccc(Cl)cc1-c1cc2n(c(=O)c1)[C@H](C)CC2. The lowest BCUT2D eigenvalue weighted by Gasteiger charge is -2.12. The van der Waals surface area contributed by atoms with E-state index in [1.165, 1.54) is 7.05 Å². The number of aromatic nitrogens is 1. The molecule has 2 aromatic rings. The highest BCUT2D eigenvalue weighted by molar-refractivity contribution is 6.30. The first-order valence-corrected chi connectivity index (χ1v) is 8.54. The summed E-state index contributed by atoms with van der Waals surface area (Å²) in [6.07, 6.45) is 2.02. The molecule has 1 atom stereocenters. The number of fused-ring (bicyclic) bond motifs is 1. The second-order valence-corrected chi connectivity index (χ2v) is 5.73. The molecule has 4 heteroatoms. The van der Waals surface area contributed by atoms with Gasteiger partial charge in [0, 0.05) is 22.8 Å². The van der Waals surface area contributed by atoms with Crippen molar-refractivity contribution >= 4 is 11.6 Å². The van der Waals surface area contributed by atoms with Crippen molar-refractivity contribution in [3.63, 3.8) is 0 Å². The lowest BCUT2D eigenvalue weighted by atomic mass is 10.0. The second kappa shape index (κ2) is 13.6. The van der Waals surface area contributed by atoms with Crippen molar-refractivity contribution in [1.82, 2.24) is 4.57 Å². The van der Waals surface area contributed by atoms with Crippen LogP contribution in [0.2, 0.25) is 5.02 Å². The van der Waals surface area contributed by atoms with Gasteiger partial charge in [-0.3, -0.25) is 4.79 Å². The van der Waals surface area contributed by atoms with Crippen LogP contribution in [0.5, 0.6) is 0 Å². The molecule has 1 aliphatic rings. The molecule has 3 nitrogen and oxygen atoms in total. The van der Waals surface area contributed by atoms with Gasteiger partial charge in [-0.25, -0.2) is 0 Å². The third-order valence-electron chi connectivity index (χ3n) is 3.92. The predicted molar refractivity (Wildman–Crippen MR) is 121 cm³/mol. The molecule has 0 saturated heterocycles. The molecular weight excluding hydrogens is 344 g/mol. The second-order valence-electron chi connectivity index (χ2n) is 5.29. The fourth-order valence-electron chi connectivity index (χ4n) is 2.87. The van der Waals surface area contributed by atoms with Crippen molar-refractivity contribution in [2.24, 2.45) is 5.73 Å². The number of nitrogens with zero attached hydrogens (tertiary/aromatic N) is 1. The molecule has 3 rings (SSSR count). The van der Waals surface area contributed by atoms with E-state index in [-0.39, 0.29) is 27.8 Å². The van der Waals surface area contributed by atoms with Crippen LogP contribution in [0.4, 0.5) is 0 Å². The molecule has 0 spiro atoms. The monoisotopic (exact) mass is 382 g/mol. The topological polar surface area (TPSA) is 48.0 Å².